The number of piperidine rings is 1. The number of carbonyl (C=O) groups is 2. The number of aromatic nitrogens is 1. The predicted octanol–water partition coefficient (Wildman–Crippen LogP) is 1.45. The lowest BCUT2D eigenvalue weighted by atomic mass is 9.94. The third-order valence-electron chi connectivity index (χ3n) is 4.65. The lowest BCUT2D eigenvalue weighted by Crippen LogP contribution is -2.50. The van der Waals surface area contributed by atoms with Crippen molar-refractivity contribution < 1.29 is 9.59 Å². The van der Waals surface area contributed by atoms with Crippen LogP contribution in [0.3, 0.4) is 0 Å². The van der Waals surface area contributed by atoms with Crippen molar-refractivity contribution in [2.45, 2.75) is 39.2 Å². The number of nitriles is 1. The number of nitrogens with one attached hydrogen (secondary N) is 2. The summed E-state index contributed by atoms with van der Waals surface area (Å²) in [5.41, 5.74) is 0.536. The summed E-state index contributed by atoms with van der Waals surface area (Å²) in [7, 11) is 1.59. The van der Waals surface area contributed by atoms with Crippen molar-refractivity contribution in [1.29, 1.82) is 5.26 Å². The monoisotopic (exact) mass is 357 g/mol. The minimum absolute atomic E-state index is 0.0494. The summed E-state index contributed by atoms with van der Waals surface area (Å²) in [6.45, 7) is 5.52. The summed E-state index contributed by atoms with van der Waals surface area (Å²) in [6, 6.07) is 5.16. The molecule has 1 aliphatic rings. The third kappa shape index (κ3) is 5.19. The lowest BCUT2D eigenvalue weighted by molar-refractivity contribution is -0.131. The van der Waals surface area contributed by atoms with Crippen molar-refractivity contribution in [3.05, 3.63) is 23.9 Å². The number of amides is 2. The minimum Gasteiger partial charge on any atom is -0.357 e. The molecule has 2 rings (SSSR count). The Bertz CT molecular complexity index is 658. The number of rotatable bonds is 6. The fourth-order valence-electron chi connectivity index (χ4n) is 3.18. The van der Waals surface area contributed by atoms with E-state index >= 15 is 0 Å². The highest BCUT2D eigenvalue weighted by Gasteiger charge is 2.29. The molecule has 2 amide bonds. The number of anilines is 1. The molecule has 7 heteroatoms. The first-order valence-electron chi connectivity index (χ1n) is 9.07. The van der Waals surface area contributed by atoms with E-state index in [4.69, 9.17) is 5.26 Å². The van der Waals surface area contributed by atoms with Crippen molar-refractivity contribution in [1.82, 2.24) is 15.6 Å². The van der Waals surface area contributed by atoms with Crippen molar-refractivity contribution >= 4 is 17.6 Å². The van der Waals surface area contributed by atoms with E-state index in [0.29, 0.717) is 17.9 Å². The zero-order valence-corrected chi connectivity index (χ0v) is 15.7. The van der Waals surface area contributed by atoms with Gasteiger partial charge in [-0.1, -0.05) is 13.8 Å². The summed E-state index contributed by atoms with van der Waals surface area (Å²) in [5.74, 6) is 0.856. The highest BCUT2D eigenvalue weighted by atomic mass is 16.2. The van der Waals surface area contributed by atoms with Gasteiger partial charge < -0.3 is 15.5 Å². The van der Waals surface area contributed by atoms with E-state index in [1.165, 1.54) is 0 Å². The maximum absolute atomic E-state index is 12.6. The molecule has 0 aliphatic carbocycles. The molecule has 0 radical (unpaired) electrons. The minimum atomic E-state index is -0.481. The molecule has 1 aromatic rings. The van der Waals surface area contributed by atoms with Gasteiger partial charge in [0.1, 0.15) is 17.9 Å². The number of pyridine rings is 1. The van der Waals surface area contributed by atoms with Gasteiger partial charge in [-0.3, -0.25) is 9.59 Å². The molecule has 0 saturated carbocycles. The first-order chi connectivity index (χ1) is 12.4. The number of nitrogens with zero attached hydrogens (tertiary/aromatic N) is 3. The van der Waals surface area contributed by atoms with Crippen molar-refractivity contribution in [3.8, 4) is 6.07 Å². The van der Waals surface area contributed by atoms with Crippen LogP contribution >= 0.6 is 0 Å². The van der Waals surface area contributed by atoms with Crippen LogP contribution in [0.1, 0.15) is 38.7 Å². The molecule has 0 aromatic carbocycles. The number of carbonyl (C=O) groups excluding carboxylic acids is 2. The highest BCUT2D eigenvalue weighted by molar-refractivity contribution is 5.88. The van der Waals surface area contributed by atoms with Crippen LogP contribution in [-0.2, 0) is 9.59 Å². The standard InChI is InChI=1S/C19H27N5O2/c1-13(2)10-16(19(26)21-3)23-18(25)15-6-8-24(9-7-15)17-5-4-14(11-20)12-22-17/h4-5,12-13,15-16H,6-10H2,1-3H3,(H,21,26)(H,23,25). The number of hydrogen-bond donors (Lipinski definition) is 2. The largest absolute Gasteiger partial charge is 0.357 e. The molecule has 1 aromatic heterocycles. The van der Waals surface area contributed by atoms with Crippen LogP contribution < -0.4 is 15.5 Å². The second-order valence-corrected chi connectivity index (χ2v) is 7.08. The molecule has 1 atom stereocenters. The van der Waals surface area contributed by atoms with E-state index in [-0.39, 0.29) is 17.7 Å². The van der Waals surface area contributed by atoms with Crippen LogP contribution in [0.4, 0.5) is 5.82 Å². The second kappa shape index (κ2) is 9.18. The molecule has 7 nitrogen and oxygen atoms in total. The molecule has 140 valence electrons. The predicted molar refractivity (Wildman–Crippen MR) is 99.3 cm³/mol. The van der Waals surface area contributed by atoms with Gasteiger partial charge in [-0.2, -0.15) is 5.26 Å². The van der Waals surface area contributed by atoms with Crippen LogP contribution in [0.15, 0.2) is 18.3 Å². The molecule has 1 fully saturated rings. The summed E-state index contributed by atoms with van der Waals surface area (Å²) >= 11 is 0. The third-order valence-corrected chi connectivity index (χ3v) is 4.65. The summed E-state index contributed by atoms with van der Waals surface area (Å²) in [6.07, 6.45) is 3.62. The lowest BCUT2D eigenvalue weighted by Gasteiger charge is -2.33. The van der Waals surface area contributed by atoms with Crippen LogP contribution in [0.2, 0.25) is 0 Å². The summed E-state index contributed by atoms with van der Waals surface area (Å²) < 4.78 is 0. The van der Waals surface area contributed by atoms with Crippen LogP contribution in [0, 0.1) is 23.2 Å². The van der Waals surface area contributed by atoms with Gasteiger partial charge in [-0.05, 0) is 37.3 Å². The molecule has 1 saturated heterocycles. The summed E-state index contributed by atoms with van der Waals surface area (Å²) in [4.78, 5) is 31.0. The molecule has 0 bridgehead atoms. The first kappa shape index (κ1) is 19.7. The second-order valence-electron chi connectivity index (χ2n) is 7.08. The smallest absolute Gasteiger partial charge is 0.242 e. The van der Waals surface area contributed by atoms with Crippen LogP contribution in [0.25, 0.3) is 0 Å². The van der Waals surface area contributed by atoms with Gasteiger partial charge in [0.25, 0.3) is 0 Å². The Morgan fingerprint density at radius 2 is 2.04 bits per heavy atom. The van der Waals surface area contributed by atoms with Crippen molar-refractivity contribution in [2.24, 2.45) is 11.8 Å². The van der Waals surface area contributed by atoms with E-state index in [0.717, 1.165) is 31.7 Å². The maximum Gasteiger partial charge on any atom is 0.242 e. The van der Waals surface area contributed by atoms with Gasteiger partial charge in [-0.15, -0.1) is 0 Å². The quantitative estimate of drug-likeness (QED) is 0.803. The van der Waals surface area contributed by atoms with E-state index in [1.54, 1.807) is 19.3 Å². The zero-order chi connectivity index (χ0) is 19.1. The molecule has 26 heavy (non-hydrogen) atoms. The van der Waals surface area contributed by atoms with Crippen molar-refractivity contribution in [3.63, 3.8) is 0 Å². The van der Waals surface area contributed by atoms with E-state index in [1.807, 2.05) is 19.9 Å². The molecular weight excluding hydrogens is 330 g/mol. The van der Waals surface area contributed by atoms with Gasteiger partial charge in [0.15, 0.2) is 0 Å². The van der Waals surface area contributed by atoms with Gasteiger partial charge in [0.05, 0.1) is 5.56 Å². The molecule has 0 spiro atoms. The zero-order valence-electron chi connectivity index (χ0n) is 15.7. The Hall–Kier alpha value is -2.62. The molecule has 2 N–H and O–H groups in total. The Morgan fingerprint density at radius 1 is 1.35 bits per heavy atom. The van der Waals surface area contributed by atoms with E-state index < -0.39 is 6.04 Å². The first-order valence-corrected chi connectivity index (χ1v) is 9.07. The molecule has 1 unspecified atom stereocenters. The topological polar surface area (TPSA) is 98.1 Å². The Labute approximate surface area is 154 Å². The summed E-state index contributed by atoms with van der Waals surface area (Å²) in [5, 5.41) is 14.4. The Kier molecular flexibility index (Phi) is 6.96. The Morgan fingerprint density at radius 3 is 2.54 bits per heavy atom. The molecule has 1 aliphatic heterocycles. The van der Waals surface area contributed by atoms with Crippen molar-refractivity contribution in [2.75, 3.05) is 25.0 Å². The maximum atomic E-state index is 12.6. The van der Waals surface area contributed by atoms with Gasteiger partial charge in [-0.25, -0.2) is 4.98 Å². The fourth-order valence-corrected chi connectivity index (χ4v) is 3.18. The number of hydrogen-bond acceptors (Lipinski definition) is 5. The van der Waals surface area contributed by atoms with Crippen LogP contribution in [0.5, 0.6) is 0 Å². The van der Waals surface area contributed by atoms with Gasteiger partial charge in [0, 0.05) is 32.3 Å². The van der Waals surface area contributed by atoms with E-state index in [9.17, 15) is 9.59 Å². The Balaban J connectivity index is 1.90. The molecular formula is C19H27N5O2. The van der Waals surface area contributed by atoms with Gasteiger partial charge in [0.2, 0.25) is 11.8 Å². The number of likely N-dealkylation sites (N-methyl/N-ethyl adjacent to an activating group) is 1. The fraction of sp³-hybridized carbons (Fsp3) is 0.579. The highest BCUT2D eigenvalue weighted by Crippen LogP contribution is 2.22. The van der Waals surface area contributed by atoms with Gasteiger partial charge >= 0.3 is 0 Å². The normalized spacial score (nSPS) is 16.0. The molecule has 2 heterocycles. The average Bonchev–Trinajstić information content (AvgIpc) is 2.66. The van der Waals surface area contributed by atoms with Crippen LogP contribution in [-0.4, -0.2) is 43.0 Å². The average molecular weight is 357 g/mol. The van der Waals surface area contributed by atoms with E-state index in [2.05, 4.69) is 26.6 Å². The SMILES string of the molecule is CNC(=O)C(CC(C)C)NC(=O)C1CCN(c2ccc(C#N)cn2)CC1.